The molecule has 0 bridgehead atoms. The highest BCUT2D eigenvalue weighted by Gasteiger charge is 2.12. The van der Waals surface area contributed by atoms with Crippen LogP contribution in [0.2, 0.25) is 0 Å². The van der Waals surface area contributed by atoms with Crippen molar-refractivity contribution in [2.45, 2.75) is 65.6 Å². The molecule has 2 N–H and O–H groups in total. The van der Waals surface area contributed by atoms with Crippen LogP contribution < -0.4 is 10.5 Å². The molecule has 1 aromatic heterocycles. The van der Waals surface area contributed by atoms with Crippen LogP contribution in [0.5, 0.6) is 5.75 Å². The third-order valence-electron chi connectivity index (χ3n) is 4.02. The third-order valence-corrected chi connectivity index (χ3v) is 4.02. The maximum absolute atomic E-state index is 5.95. The summed E-state index contributed by atoms with van der Waals surface area (Å²) in [6, 6.07) is 8.20. The number of nitrogens with two attached hydrogens (primary N) is 1. The van der Waals surface area contributed by atoms with Gasteiger partial charge in [-0.25, -0.2) is 4.68 Å². The summed E-state index contributed by atoms with van der Waals surface area (Å²) < 4.78 is 7.89. The summed E-state index contributed by atoms with van der Waals surface area (Å²) in [5.74, 6) is 0.881. The molecule has 0 saturated heterocycles. The average Bonchev–Trinajstić information content (AvgIpc) is 2.99. The van der Waals surface area contributed by atoms with Crippen molar-refractivity contribution in [2.24, 2.45) is 5.73 Å². The molecule has 0 radical (unpaired) electrons. The summed E-state index contributed by atoms with van der Waals surface area (Å²) in [5.41, 5.74) is 8.87. The van der Waals surface area contributed by atoms with E-state index in [0.29, 0.717) is 13.2 Å². The van der Waals surface area contributed by atoms with E-state index in [0.717, 1.165) is 36.5 Å². The summed E-state index contributed by atoms with van der Waals surface area (Å²) in [6.45, 7) is 6.08. The van der Waals surface area contributed by atoms with Crippen LogP contribution in [0.1, 0.15) is 56.5 Å². The lowest BCUT2D eigenvalue weighted by molar-refractivity contribution is 0.289. The highest BCUT2D eigenvalue weighted by Crippen LogP contribution is 2.17. The van der Waals surface area contributed by atoms with Gasteiger partial charge in [0.05, 0.1) is 0 Å². The quantitative estimate of drug-likeness (QED) is 0.682. The molecular weight excluding hydrogens is 288 g/mol. The first-order valence-electron chi connectivity index (χ1n) is 8.61. The molecule has 0 aliphatic carbocycles. The van der Waals surface area contributed by atoms with E-state index in [1.54, 1.807) is 0 Å². The standard InChI is InChI=1S/C18H28N4O/c1-3-5-6-7-11-22-18(17(13-19)20-21-22)14-23-16-10-8-9-15(4-2)12-16/h8-10,12H,3-7,11,13-14,19H2,1-2H3. The van der Waals surface area contributed by atoms with Crippen molar-refractivity contribution in [3.63, 3.8) is 0 Å². The Morgan fingerprint density at radius 1 is 1.17 bits per heavy atom. The number of ether oxygens (including phenoxy) is 1. The van der Waals surface area contributed by atoms with E-state index in [9.17, 15) is 0 Å². The predicted molar refractivity (Wildman–Crippen MR) is 92.2 cm³/mol. The average molecular weight is 316 g/mol. The first-order valence-corrected chi connectivity index (χ1v) is 8.61. The molecule has 23 heavy (non-hydrogen) atoms. The Morgan fingerprint density at radius 2 is 2.04 bits per heavy atom. The minimum atomic E-state index is 0.392. The Morgan fingerprint density at radius 3 is 2.78 bits per heavy atom. The van der Waals surface area contributed by atoms with Gasteiger partial charge in [0.25, 0.3) is 0 Å². The smallest absolute Gasteiger partial charge is 0.132 e. The molecule has 0 amide bonds. The SMILES string of the molecule is CCCCCCn1nnc(CN)c1COc1cccc(CC)c1. The summed E-state index contributed by atoms with van der Waals surface area (Å²) in [5, 5.41) is 8.42. The number of hydrogen-bond donors (Lipinski definition) is 1. The van der Waals surface area contributed by atoms with Gasteiger partial charge in [0.15, 0.2) is 0 Å². The molecule has 0 fully saturated rings. The minimum absolute atomic E-state index is 0.392. The number of benzene rings is 1. The first-order chi connectivity index (χ1) is 11.3. The zero-order chi connectivity index (χ0) is 16.5. The van der Waals surface area contributed by atoms with Gasteiger partial charge in [-0.3, -0.25) is 0 Å². The molecule has 0 aliphatic heterocycles. The Bertz CT molecular complexity index is 594. The van der Waals surface area contributed by atoms with Crippen LogP contribution in [0.15, 0.2) is 24.3 Å². The van der Waals surface area contributed by atoms with E-state index in [2.05, 4.69) is 36.3 Å². The van der Waals surface area contributed by atoms with Gasteiger partial charge in [-0.15, -0.1) is 5.10 Å². The Balaban J connectivity index is 2.00. The Kier molecular flexibility index (Phi) is 7.07. The topological polar surface area (TPSA) is 66.0 Å². The molecule has 1 aromatic carbocycles. The lowest BCUT2D eigenvalue weighted by Gasteiger charge is -2.10. The molecular formula is C18H28N4O. The van der Waals surface area contributed by atoms with Crippen molar-refractivity contribution in [2.75, 3.05) is 0 Å². The molecule has 0 saturated carbocycles. The largest absolute Gasteiger partial charge is 0.487 e. The molecule has 2 rings (SSSR count). The van der Waals surface area contributed by atoms with Gasteiger partial charge in [-0.2, -0.15) is 0 Å². The van der Waals surface area contributed by atoms with E-state index in [1.165, 1.54) is 24.8 Å². The highest BCUT2D eigenvalue weighted by molar-refractivity contribution is 5.28. The van der Waals surface area contributed by atoms with Crippen molar-refractivity contribution >= 4 is 0 Å². The molecule has 0 unspecified atom stereocenters. The van der Waals surface area contributed by atoms with Gasteiger partial charge in [-0.1, -0.05) is 50.5 Å². The van der Waals surface area contributed by atoms with Crippen molar-refractivity contribution in [1.29, 1.82) is 0 Å². The van der Waals surface area contributed by atoms with E-state index in [1.807, 2.05) is 16.8 Å². The molecule has 2 aromatic rings. The van der Waals surface area contributed by atoms with Crippen molar-refractivity contribution in [3.8, 4) is 5.75 Å². The van der Waals surface area contributed by atoms with Gasteiger partial charge >= 0.3 is 0 Å². The van der Waals surface area contributed by atoms with E-state index >= 15 is 0 Å². The summed E-state index contributed by atoms with van der Waals surface area (Å²) >= 11 is 0. The summed E-state index contributed by atoms with van der Waals surface area (Å²) in [7, 11) is 0. The second-order valence-corrected chi connectivity index (χ2v) is 5.76. The van der Waals surface area contributed by atoms with Crippen LogP contribution in [-0.4, -0.2) is 15.0 Å². The highest BCUT2D eigenvalue weighted by atomic mass is 16.5. The van der Waals surface area contributed by atoms with Gasteiger partial charge < -0.3 is 10.5 Å². The molecule has 126 valence electrons. The van der Waals surface area contributed by atoms with E-state index in [4.69, 9.17) is 10.5 Å². The summed E-state index contributed by atoms with van der Waals surface area (Å²) in [6.07, 6.45) is 5.82. The van der Waals surface area contributed by atoms with E-state index < -0.39 is 0 Å². The fourth-order valence-corrected chi connectivity index (χ4v) is 2.56. The second-order valence-electron chi connectivity index (χ2n) is 5.76. The number of nitrogens with zero attached hydrogens (tertiary/aromatic N) is 3. The van der Waals surface area contributed by atoms with Crippen LogP contribution in [0.3, 0.4) is 0 Å². The van der Waals surface area contributed by atoms with Crippen LogP contribution in [-0.2, 0) is 26.1 Å². The van der Waals surface area contributed by atoms with E-state index in [-0.39, 0.29) is 0 Å². The first kappa shape index (κ1) is 17.5. The monoisotopic (exact) mass is 316 g/mol. The van der Waals surface area contributed by atoms with Crippen LogP contribution >= 0.6 is 0 Å². The number of rotatable bonds is 10. The Labute approximate surface area is 138 Å². The fourth-order valence-electron chi connectivity index (χ4n) is 2.56. The lowest BCUT2D eigenvalue weighted by Crippen LogP contribution is -2.11. The van der Waals surface area contributed by atoms with Crippen molar-refractivity contribution < 1.29 is 4.74 Å². The number of unbranched alkanes of at least 4 members (excludes halogenated alkanes) is 3. The Hall–Kier alpha value is -1.88. The van der Waals surface area contributed by atoms with Gasteiger partial charge in [0.2, 0.25) is 0 Å². The van der Waals surface area contributed by atoms with Crippen LogP contribution in [0, 0.1) is 0 Å². The molecule has 5 heteroatoms. The van der Waals surface area contributed by atoms with Gasteiger partial charge in [0.1, 0.15) is 23.7 Å². The normalized spacial score (nSPS) is 10.9. The molecule has 0 spiro atoms. The zero-order valence-electron chi connectivity index (χ0n) is 14.3. The van der Waals surface area contributed by atoms with Crippen molar-refractivity contribution in [1.82, 2.24) is 15.0 Å². The van der Waals surface area contributed by atoms with Crippen molar-refractivity contribution in [3.05, 3.63) is 41.2 Å². The zero-order valence-corrected chi connectivity index (χ0v) is 14.3. The molecule has 0 aliphatic rings. The van der Waals surface area contributed by atoms with Gasteiger partial charge in [0, 0.05) is 13.1 Å². The second kappa shape index (κ2) is 9.30. The van der Waals surface area contributed by atoms with Crippen LogP contribution in [0.4, 0.5) is 0 Å². The lowest BCUT2D eigenvalue weighted by atomic mass is 10.2. The molecule has 5 nitrogen and oxygen atoms in total. The fraction of sp³-hybridized carbons (Fsp3) is 0.556. The minimum Gasteiger partial charge on any atom is -0.487 e. The number of aryl methyl sites for hydroxylation is 2. The predicted octanol–water partition coefficient (Wildman–Crippen LogP) is 3.46. The van der Waals surface area contributed by atoms with Crippen LogP contribution in [0.25, 0.3) is 0 Å². The molecule has 0 atom stereocenters. The number of hydrogen-bond acceptors (Lipinski definition) is 4. The van der Waals surface area contributed by atoms with Gasteiger partial charge in [-0.05, 0) is 30.5 Å². The summed E-state index contributed by atoms with van der Waals surface area (Å²) in [4.78, 5) is 0. The number of aromatic nitrogens is 3. The maximum atomic E-state index is 5.95. The third kappa shape index (κ3) is 5.06. The maximum Gasteiger partial charge on any atom is 0.132 e. The molecule has 1 heterocycles.